The number of rotatable bonds is 6. The van der Waals surface area contributed by atoms with Crippen LogP contribution in [0.1, 0.15) is 19.8 Å². The molecule has 0 aromatic rings. The highest BCUT2D eigenvalue weighted by Gasteiger charge is 2.18. The van der Waals surface area contributed by atoms with Crippen LogP contribution < -0.4 is 5.32 Å². The third-order valence-electron chi connectivity index (χ3n) is 2.94. The third-order valence-corrected chi connectivity index (χ3v) is 2.94. The molecule has 1 fully saturated rings. The lowest BCUT2D eigenvalue weighted by atomic mass is 10.0. The zero-order valence-electron chi connectivity index (χ0n) is 9.99. The second-order valence-corrected chi connectivity index (χ2v) is 4.09. The predicted octanol–water partition coefficient (Wildman–Crippen LogP) is 1.01. The normalized spacial score (nSPS) is 20.8. The zero-order valence-corrected chi connectivity index (χ0v) is 9.99. The Hall–Kier alpha value is -0.160. The van der Waals surface area contributed by atoms with Gasteiger partial charge in [-0.1, -0.05) is 0 Å². The lowest BCUT2D eigenvalue weighted by Gasteiger charge is -2.27. The van der Waals surface area contributed by atoms with Gasteiger partial charge in [-0.05, 0) is 32.2 Å². The van der Waals surface area contributed by atoms with Crippen LogP contribution in [0, 0.1) is 5.92 Å². The summed E-state index contributed by atoms with van der Waals surface area (Å²) in [5.41, 5.74) is 0. The standard InChI is InChI=1S/C11H23NO3/c1-9(11(13-2)14-3)12-8-10-4-6-15-7-5-10/h9-12H,4-8H2,1-3H3. The Labute approximate surface area is 92.3 Å². The van der Waals surface area contributed by atoms with Gasteiger partial charge in [-0.15, -0.1) is 0 Å². The van der Waals surface area contributed by atoms with E-state index in [1.807, 2.05) is 0 Å². The molecule has 0 aromatic heterocycles. The number of methoxy groups -OCH3 is 2. The molecule has 1 unspecified atom stereocenters. The van der Waals surface area contributed by atoms with Gasteiger partial charge in [-0.25, -0.2) is 0 Å². The highest BCUT2D eigenvalue weighted by molar-refractivity contribution is 4.70. The van der Waals surface area contributed by atoms with E-state index in [1.54, 1.807) is 14.2 Å². The summed E-state index contributed by atoms with van der Waals surface area (Å²) in [7, 11) is 3.33. The Morgan fingerprint density at radius 2 is 1.87 bits per heavy atom. The van der Waals surface area contributed by atoms with E-state index >= 15 is 0 Å². The molecule has 1 rings (SSSR count). The number of ether oxygens (including phenoxy) is 3. The van der Waals surface area contributed by atoms with E-state index in [-0.39, 0.29) is 12.3 Å². The third kappa shape index (κ3) is 4.47. The Morgan fingerprint density at radius 1 is 1.27 bits per heavy atom. The van der Waals surface area contributed by atoms with Gasteiger partial charge in [0.25, 0.3) is 0 Å². The van der Waals surface area contributed by atoms with Gasteiger partial charge in [0, 0.05) is 27.4 Å². The van der Waals surface area contributed by atoms with Gasteiger partial charge in [0.15, 0.2) is 6.29 Å². The van der Waals surface area contributed by atoms with Crippen molar-refractivity contribution in [2.24, 2.45) is 5.92 Å². The molecular formula is C11H23NO3. The van der Waals surface area contributed by atoms with Crippen LogP contribution in [0.25, 0.3) is 0 Å². The second kappa shape index (κ2) is 7.17. The summed E-state index contributed by atoms with van der Waals surface area (Å²) in [4.78, 5) is 0. The SMILES string of the molecule is COC(OC)C(C)NCC1CCOCC1. The molecule has 15 heavy (non-hydrogen) atoms. The average Bonchev–Trinajstić information content (AvgIpc) is 2.29. The van der Waals surface area contributed by atoms with Gasteiger partial charge in [-0.3, -0.25) is 0 Å². The monoisotopic (exact) mass is 217 g/mol. The van der Waals surface area contributed by atoms with Gasteiger partial charge in [-0.2, -0.15) is 0 Å². The van der Waals surface area contributed by atoms with E-state index in [2.05, 4.69) is 12.2 Å². The van der Waals surface area contributed by atoms with Crippen LogP contribution >= 0.6 is 0 Å². The van der Waals surface area contributed by atoms with Crippen LogP contribution in [-0.4, -0.2) is 46.3 Å². The Balaban J connectivity index is 2.16. The van der Waals surface area contributed by atoms with Crippen molar-refractivity contribution in [1.29, 1.82) is 0 Å². The van der Waals surface area contributed by atoms with Crippen LogP contribution in [-0.2, 0) is 14.2 Å². The van der Waals surface area contributed by atoms with Gasteiger partial charge < -0.3 is 19.5 Å². The van der Waals surface area contributed by atoms with Crippen LogP contribution in [0.2, 0.25) is 0 Å². The van der Waals surface area contributed by atoms with E-state index in [4.69, 9.17) is 14.2 Å². The lowest BCUT2D eigenvalue weighted by molar-refractivity contribution is -0.120. The fourth-order valence-electron chi connectivity index (χ4n) is 1.90. The smallest absolute Gasteiger partial charge is 0.171 e. The van der Waals surface area contributed by atoms with Crippen LogP contribution in [0.15, 0.2) is 0 Å². The number of hydrogen-bond acceptors (Lipinski definition) is 4. The average molecular weight is 217 g/mol. The van der Waals surface area contributed by atoms with Crippen LogP contribution in [0.5, 0.6) is 0 Å². The summed E-state index contributed by atoms with van der Waals surface area (Å²) < 4.78 is 15.7. The molecule has 1 heterocycles. The van der Waals surface area contributed by atoms with Crippen molar-refractivity contribution >= 4 is 0 Å². The van der Waals surface area contributed by atoms with Crippen molar-refractivity contribution in [2.75, 3.05) is 34.0 Å². The summed E-state index contributed by atoms with van der Waals surface area (Å²) in [6.45, 7) is 4.90. The summed E-state index contributed by atoms with van der Waals surface area (Å²) >= 11 is 0. The first kappa shape index (κ1) is 12.9. The zero-order chi connectivity index (χ0) is 11.1. The summed E-state index contributed by atoms with van der Waals surface area (Å²) in [5.74, 6) is 0.732. The molecule has 0 spiro atoms. The fraction of sp³-hybridized carbons (Fsp3) is 1.00. The maximum atomic E-state index is 5.32. The molecule has 4 heteroatoms. The molecule has 0 radical (unpaired) electrons. The Morgan fingerprint density at radius 3 is 2.40 bits per heavy atom. The maximum absolute atomic E-state index is 5.32. The van der Waals surface area contributed by atoms with E-state index < -0.39 is 0 Å². The molecule has 4 nitrogen and oxygen atoms in total. The van der Waals surface area contributed by atoms with Crippen LogP contribution in [0.4, 0.5) is 0 Å². The summed E-state index contributed by atoms with van der Waals surface area (Å²) in [6.07, 6.45) is 2.15. The molecule has 1 aliphatic heterocycles. The van der Waals surface area contributed by atoms with E-state index in [0.717, 1.165) is 38.5 Å². The second-order valence-electron chi connectivity index (χ2n) is 4.09. The van der Waals surface area contributed by atoms with Crippen molar-refractivity contribution in [1.82, 2.24) is 5.32 Å². The molecule has 1 aliphatic rings. The minimum Gasteiger partial charge on any atom is -0.381 e. The van der Waals surface area contributed by atoms with Gasteiger partial charge in [0.1, 0.15) is 0 Å². The van der Waals surface area contributed by atoms with Crippen molar-refractivity contribution in [3.8, 4) is 0 Å². The van der Waals surface area contributed by atoms with Crippen molar-refractivity contribution in [3.05, 3.63) is 0 Å². The topological polar surface area (TPSA) is 39.7 Å². The molecule has 0 aromatic carbocycles. The largest absolute Gasteiger partial charge is 0.381 e. The molecular weight excluding hydrogens is 194 g/mol. The van der Waals surface area contributed by atoms with E-state index in [1.165, 1.54) is 0 Å². The molecule has 1 atom stereocenters. The molecule has 1 saturated heterocycles. The first-order valence-corrected chi connectivity index (χ1v) is 5.64. The fourth-order valence-corrected chi connectivity index (χ4v) is 1.90. The number of nitrogens with one attached hydrogen (secondary N) is 1. The quantitative estimate of drug-likeness (QED) is 0.674. The van der Waals surface area contributed by atoms with Crippen molar-refractivity contribution < 1.29 is 14.2 Å². The molecule has 0 amide bonds. The molecule has 90 valence electrons. The van der Waals surface area contributed by atoms with E-state index in [9.17, 15) is 0 Å². The summed E-state index contributed by atoms with van der Waals surface area (Å²) in [6, 6.07) is 0.225. The first-order chi connectivity index (χ1) is 7.27. The van der Waals surface area contributed by atoms with Crippen molar-refractivity contribution in [3.63, 3.8) is 0 Å². The number of hydrogen-bond donors (Lipinski definition) is 1. The minimum atomic E-state index is -0.162. The van der Waals surface area contributed by atoms with E-state index in [0.29, 0.717) is 0 Å². The summed E-state index contributed by atoms with van der Waals surface area (Å²) in [5, 5.41) is 3.45. The van der Waals surface area contributed by atoms with Crippen LogP contribution in [0.3, 0.4) is 0 Å². The van der Waals surface area contributed by atoms with Gasteiger partial charge in [0.2, 0.25) is 0 Å². The molecule has 0 aliphatic carbocycles. The predicted molar refractivity (Wildman–Crippen MR) is 58.8 cm³/mol. The Bertz CT molecular complexity index is 156. The van der Waals surface area contributed by atoms with Gasteiger partial charge >= 0.3 is 0 Å². The highest BCUT2D eigenvalue weighted by atomic mass is 16.7. The van der Waals surface area contributed by atoms with Crippen molar-refractivity contribution in [2.45, 2.75) is 32.1 Å². The lowest BCUT2D eigenvalue weighted by Crippen LogP contribution is -2.42. The van der Waals surface area contributed by atoms with Gasteiger partial charge in [0.05, 0.1) is 6.04 Å². The Kier molecular flexibility index (Phi) is 6.17. The molecule has 0 bridgehead atoms. The molecule has 1 N–H and O–H groups in total. The highest BCUT2D eigenvalue weighted by Crippen LogP contribution is 2.13. The maximum Gasteiger partial charge on any atom is 0.171 e. The molecule has 0 saturated carbocycles. The first-order valence-electron chi connectivity index (χ1n) is 5.64. The minimum absolute atomic E-state index is 0.162.